The van der Waals surface area contributed by atoms with E-state index in [1.165, 1.54) is 5.56 Å². The first kappa shape index (κ1) is 21.1. The third-order valence-electron chi connectivity index (χ3n) is 4.92. The molecular formula is C20H28Cl2N6. The fourth-order valence-corrected chi connectivity index (χ4v) is 3.75. The highest BCUT2D eigenvalue weighted by Crippen LogP contribution is 2.24. The van der Waals surface area contributed by atoms with Crippen molar-refractivity contribution in [3.8, 4) is 0 Å². The van der Waals surface area contributed by atoms with Crippen LogP contribution in [0, 0.1) is 6.92 Å². The number of benzene rings is 1. The third kappa shape index (κ3) is 6.21. The molecule has 1 aliphatic heterocycles. The monoisotopic (exact) mass is 422 g/mol. The van der Waals surface area contributed by atoms with E-state index in [0.29, 0.717) is 22.0 Å². The van der Waals surface area contributed by atoms with E-state index in [0.717, 1.165) is 57.1 Å². The lowest BCUT2D eigenvalue weighted by Gasteiger charge is -2.32. The molecule has 1 saturated heterocycles. The van der Waals surface area contributed by atoms with Gasteiger partial charge in [-0.25, -0.2) is 4.98 Å². The zero-order valence-electron chi connectivity index (χ0n) is 16.4. The SMILES string of the molecule is CNc1nc(C)cc(NCCNC2CCN(Cc3ccc(Cl)c(Cl)c3)CC2)n1. The van der Waals surface area contributed by atoms with E-state index in [-0.39, 0.29) is 0 Å². The Morgan fingerprint density at radius 1 is 1.07 bits per heavy atom. The fourth-order valence-electron chi connectivity index (χ4n) is 3.43. The molecule has 6 nitrogen and oxygen atoms in total. The molecule has 2 heterocycles. The molecule has 0 radical (unpaired) electrons. The molecule has 0 spiro atoms. The Bertz CT molecular complexity index is 777. The molecule has 1 aromatic heterocycles. The van der Waals surface area contributed by atoms with Crippen LogP contribution in [0.25, 0.3) is 0 Å². The Hall–Kier alpha value is -1.60. The summed E-state index contributed by atoms with van der Waals surface area (Å²) in [5, 5.41) is 11.2. The Morgan fingerprint density at radius 2 is 1.86 bits per heavy atom. The normalized spacial score (nSPS) is 15.6. The van der Waals surface area contributed by atoms with Crippen molar-refractivity contribution in [3.63, 3.8) is 0 Å². The molecule has 0 amide bonds. The highest BCUT2D eigenvalue weighted by Gasteiger charge is 2.18. The maximum atomic E-state index is 6.12. The van der Waals surface area contributed by atoms with Crippen LogP contribution in [0.3, 0.4) is 0 Å². The van der Waals surface area contributed by atoms with Gasteiger partial charge in [0, 0.05) is 44.5 Å². The molecule has 1 aliphatic rings. The lowest BCUT2D eigenvalue weighted by Crippen LogP contribution is -2.43. The molecule has 0 unspecified atom stereocenters. The number of nitrogens with one attached hydrogen (secondary N) is 3. The zero-order chi connectivity index (χ0) is 19.9. The highest BCUT2D eigenvalue weighted by molar-refractivity contribution is 6.42. The summed E-state index contributed by atoms with van der Waals surface area (Å²) in [6.07, 6.45) is 2.30. The second-order valence-electron chi connectivity index (χ2n) is 7.15. The minimum Gasteiger partial charge on any atom is -0.369 e. The van der Waals surface area contributed by atoms with Crippen molar-refractivity contribution in [2.45, 2.75) is 32.4 Å². The molecule has 8 heteroatoms. The number of hydrogen-bond donors (Lipinski definition) is 3. The van der Waals surface area contributed by atoms with Gasteiger partial charge in [0.15, 0.2) is 0 Å². The average molecular weight is 423 g/mol. The van der Waals surface area contributed by atoms with Crippen molar-refractivity contribution in [2.75, 3.05) is 43.9 Å². The van der Waals surface area contributed by atoms with Crippen molar-refractivity contribution in [1.82, 2.24) is 20.2 Å². The van der Waals surface area contributed by atoms with Crippen LogP contribution in [-0.2, 0) is 6.54 Å². The Labute approximate surface area is 177 Å². The van der Waals surface area contributed by atoms with Crippen LogP contribution in [0.4, 0.5) is 11.8 Å². The fraction of sp³-hybridized carbons (Fsp3) is 0.500. The number of hydrogen-bond acceptors (Lipinski definition) is 6. The first-order chi connectivity index (χ1) is 13.5. The third-order valence-corrected chi connectivity index (χ3v) is 5.66. The zero-order valence-corrected chi connectivity index (χ0v) is 17.9. The van der Waals surface area contributed by atoms with E-state index in [4.69, 9.17) is 23.2 Å². The molecule has 2 aromatic rings. The number of likely N-dealkylation sites (tertiary alicyclic amines) is 1. The van der Waals surface area contributed by atoms with Crippen LogP contribution < -0.4 is 16.0 Å². The Kier molecular flexibility index (Phi) is 7.73. The van der Waals surface area contributed by atoms with Gasteiger partial charge in [0.05, 0.1) is 10.0 Å². The van der Waals surface area contributed by atoms with Crippen LogP contribution in [0.15, 0.2) is 24.3 Å². The molecule has 0 atom stereocenters. The van der Waals surface area contributed by atoms with Crippen molar-refractivity contribution < 1.29 is 0 Å². The molecule has 0 bridgehead atoms. The molecule has 3 rings (SSSR count). The van der Waals surface area contributed by atoms with E-state index < -0.39 is 0 Å². The van der Waals surface area contributed by atoms with E-state index >= 15 is 0 Å². The second kappa shape index (κ2) is 10.3. The summed E-state index contributed by atoms with van der Waals surface area (Å²) < 4.78 is 0. The summed E-state index contributed by atoms with van der Waals surface area (Å²) in [6.45, 7) is 6.81. The van der Waals surface area contributed by atoms with E-state index in [1.807, 2.05) is 32.2 Å². The summed E-state index contributed by atoms with van der Waals surface area (Å²) in [5.74, 6) is 1.50. The van der Waals surface area contributed by atoms with Crippen LogP contribution in [0.5, 0.6) is 0 Å². The largest absolute Gasteiger partial charge is 0.369 e. The molecule has 28 heavy (non-hydrogen) atoms. The molecular weight excluding hydrogens is 395 g/mol. The lowest BCUT2D eigenvalue weighted by atomic mass is 10.0. The van der Waals surface area contributed by atoms with Gasteiger partial charge in [-0.3, -0.25) is 4.90 Å². The molecule has 1 aromatic carbocycles. The van der Waals surface area contributed by atoms with Crippen molar-refractivity contribution in [1.29, 1.82) is 0 Å². The van der Waals surface area contributed by atoms with Crippen molar-refractivity contribution in [3.05, 3.63) is 45.6 Å². The van der Waals surface area contributed by atoms with E-state index in [2.05, 4.69) is 36.9 Å². The second-order valence-corrected chi connectivity index (χ2v) is 7.96. The van der Waals surface area contributed by atoms with Gasteiger partial charge in [0.2, 0.25) is 5.95 Å². The topological polar surface area (TPSA) is 65.1 Å². The first-order valence-corrected chi connectivity index (χ1v) is 10.5. The van der Waals surface area contributed by atoms with Gasteiger partial charge < -0.3 is 16.0 Å². The molecule has 152 valence electrons. The van der Waals surface area contributed by atoms with Gasteiger partial charge in [0.25, 0.3) is 0 Å². The van der Waals surface area contributed by atoms with Crippen LogP contribution in [0.1, 0.15) is 24.1 Å². The minimum atomic E-state index is 0.562. The summed E-state index contributed by atoms with van der Waals surface area (Å²) in [7, 11) is 1.83. The van der Waals surface area contributed by atoms with E-state index in [9.17, 15) is 0 Å². The maximum absolute atomic E-state index is 6.12. The summed E-state index contributed by atoms with van der Waals surface area (Å²) in [4.78, 5) is 11.2. The predicted molar refractivity (Wildman–Crippen MR) is 118 cm³/mol. The minimum absolute atomic E-state index is 0.562. The number of rotatable bonds is 8. The van der Waals surface area contributed by atoms with Crippen molar-refractivity contribution in [2.24, 2.45) is 0 Å². The number of anilines is 2. The van der Waals surface area contributed by atoms with Crippen LogP contribution in [0.2, 0.25) is 10.0 Å². The summed E-state index contributed by atoms with van der Waals surface area (Å²) in [5.41, 5.74) is 2.16. The quantitative estimate of drug-likeness (QED) is 0.562. The van der Waals surface area contributed by atoms with Gasteiger partial charge in [-0.05, 0) is 50.6 Å². The van der Waals surface area contributed by atoms with Gasteiger partial charge in [0.1, 0.15) is 5.82 Å². The summed E-state index contributed by atoms with van der Waals surface area (Å²) in [6, 6.07) is 8.42. The summed E-state index contributed by atoms with van der Waals surface area (Å²) >= 11 is 12.1. The van der Waals surface area contributed by atoms with E-state index in [1.54, 1.807) is 0 Å². The number of halogens is 2. The average Bonchev–Trinajstić information content (AvgIpc) is 2.69. The van der Waals surface area contributed by atoms with Gasteiger partial charge in [-0.1, -0.05) is 29.3 Å². The van der Waals surface area contributed by atoms with Crippen LogP contribution in [-0.4, -0.2) is 54.1 Å². The number of aryl methyl sites for hydroxylation is 1. The predicted octanol–water partition coefficient (Wildman–Crippen LogP) is 3.80. The molecule has 0 saturated carbocycles. The molecule has 1 fully saturated rings. The molecule has 0 aliphatic carbocycles. The highest BCUT2D eigenvalue weighted by atomic mass is 35.5. The maximum Gasteiger partial charge on any atom is 0.224 e. The van der Waals surface area contributed by atoms with Gasteiger partial charge in [-0.15, -0.1) is 0 Å². The number of aromatic nitrogens is 2. The van der Waals surface area contributed by atoms with Crippen LogP contribution >= 0.6 is 23.2 Å². The number of piperidine rings is 1. The number of nitrogens with zero attached hydrogens (tertiary/aromatic N) is 3. The lowest BCUT2D eigenvalue weighted by molar-refractivity contribution is 0.191. The Morgan fingerprint density at radius 3 is 2.57 bits per heavy atom. The van der Waals surface area contributed by atoms with Crippen molar-refractivity contribution >= 4 is 35.0 Å². The smallest absolute Gasteiger partial charge is 0.224 e. The molecule has 3 N–H and O–H groups in total. The first-order valence-electron chi connectivity index (χ1n) is 9.70. The van der Waals surface area contributed by atoms with Gasteiger partial charge in [-0.2, -0.15) is 4.98 Å². The standard InChI is InChI=1S/C20H28Cl2N6/c1-14-11-19(27-20(23-2)26-14)25-8-7-24-16-5-9-28(10-6-16)13-15-3-4-17(21)18(22)12-15/h3-4,11-12,16,24H,5-10,13H2,1-2H3,(H2,23,25,26,27). The Balaban J connectivity index is 1.35. The van der Waals surface area contributed by atoms with Gasteiger partial charge >= 0.3 is 0 Å².